The van der Waals surface area contributed by atoms with Crippen molar-refractivity contribution in [1.29, 1.82) is 0 Å². The Kier molecular flexibility index (Phi) is 4.32. The van der Waals surface area contributed by atoms with E-state index in [1.54, 1.807) is 0 Å². The monoisotopic (exact) mass is 313 g/mol. The molecule has 0 atom stereocenters. The summed E-state index contributed by atoms with van der Waals surface area (Å²) in [6, 6.07) is 7.31. The van der Waals surface area contributed by atoms with E-state index in [0.717, 1.165) is 0 Å². The lowest BCUT2D eigenvalue weighted by molar-refractivity contribution is 0.0660. The van der Waals surface area contributed by atoms with Gasteiger partial charge in [-0.25, -0.2) is 4.79 Å². The van der Waals surface area contributed by atoms with Crippen molar-refractivity contribution in [3.8, 4) is 0 Å². The zero-order chi connectivity index (χ0) is 14.7. The Morgan fingerprint density at radius 3 is 2.50 bits per heavy atom. The predicted octanol–water partition coefficient (Wildman–Crippen LogP) is 3.21. The van der Waals surface area contributed by atoms with Crippen LogP contribution in [0.1, 0.15) is 26.7 Å². The van der Waals surface area contributed by atoms with Crippen molar-refractivity contribution in [2.75, 3.05) is 0 Å². The van der Waals surface area contributed by atoms with E-state index in [2.05, 4.69) is 5.32 Å². The van der Waals surface area contributed by atoms with Crippen molar-refractivity contribution in [3.05, 3.63) is 57.5 Å². The molecule has 0 radical (unpaired) electrons. The molecule has 2 rings (SSSR count). The number of benzene rings is 1. The van der Waals surface area contributed by atoms with Crippen LogP contribution >= 0.6 is 23.2 Å². The number of aromatic carboxylic acids is 1. The highest BCUT2D eigenvalue weighted by Crippen LogP contribution is 2.22. The Bertz CT molecular complexity index is 666. The molecule has 1 amide bonds. The minimum Gasteiger partial charge on any atom is -0.475 e. The van der Waals surface area contributed by atoms with Crippen molar-refractivity contribution < 1.29 is 19.1 Å². The highest BCUT2D eigenvalue weighted by molar-refractivity contribution is 6.42. The molecule has 0 aliphatic carbocycles. The van der Waals surface area contributed by atoms with Gasteiger partial charge in [0.05, 0.1) is 16.6 Å². The van der Waals surface area contributed by atoms with Crippen LogP contribution in [-0.2, 0) is 6.54 Å². The van der Waals surface area contributed by atoms with E-state index in [1.807, 2.05) is 0 Å². The molecule has 0 saturated carbocycles. The number of nitrogens with one attached hydrogen (secondary N) is 1. The van der Waals surface area contributed by atoms with E-state index >= 15 is 0 Å². The van der Waals surface area contributed by atoms with Gasteiger partial charge in [0.15, 0.2) is 0 Å². The molecule has 0 fully saturated rings. The maximum Gasteiger partial charge on any atom is 0.371 e. The molecule has 2 aromatic rings. The van der Waals surface area contributed by atoms with Crippen LogP contribution in [0.3, 0.4) is 0 Å². The molecule has 1 heterocycles. The molecule has 5 nitrogen and oxygen atoms in total. The topological polar surface area (TPSA) is 79.5 Å². The third-order valence-electron chi connectivity index (χ3n) is 2.48. The standard InChI is InChI=1S/C13H9Cl2NO4/c14-9-3-1-7(5-10(9)15)12(17)16-6-8-2-4-11(20-8)13(18)19/h1-5H,6H2,(H,16,17)(H,18,19). The van der Waals surface area contributed by atoms with Gasteiger partial charge in [-0.1, -0.05) is 23.2 Å². The Labute approximate surface area is 124 Å². The van der Waals surface area contributed by atoms with Gasteiger partial charge < -0.3 is 14.8 Å². The lowest BCUT2D eigenvalue weighted by Crippen LogP contribution is -2.22. The summed E-state index contributed by atoms with van der Waals surface area (Å²) in [6.07, 6.45) is 0. The number of carbonyl (C=O) groups excluding carboxylic acids is 1. The normalized spacial score (nSPS) is 10.3. The van der Waals surface area contributed by atoms with Crippen LogP contribution in [0.5, 0.6) is 0 Å². The molecule has 0 spiro atoms. The molecule has 7 heteroatoms. The van der Waals surface area contributed by atoms with Crippen LogP contribution in [0.2, 0.25) is 10.0 Å². The van der Waals surface area contributed by atoms with Crippen LogP contribution in [0, 0.1) is 0 Å². The van der Waals surface area contributed by atoms with E-state index in [4.69, 9.17) is 32.7 Å². The third-order valence-corrected chi connectivity index (χ3v) is 3.22. The van der Waals surface area contributed by atoms with Gasteiger partial charge in [-0.15, -0.1) is 0 Å². The fourth-order valence-corrected chi connectivity index (χ4v) is 1.79. The van der Waals surface area contributed by atoms with E-state index < -0.39 is 5.97 Å². The van der Waals surface area contributed by atoms with Crippen LogP contribution in [0.4, 0.5) is 0 Å². The van der Waals surface area contributed by atoms with E-state index in [1.165, 1.54) is 30.3 Å². The zero-order valence-corrected chi connectivity index (χ0v) is 11.5. The second-order valence-electron chi connectivity index (χ2n) is 3.88. The second kappa shape index (κ2) is 5.98. The molecule has 0 unspecified atom stereocenters. The average molecular weight is 314 g/mol. The highest BCUT2D eigenvalue weighted by atomic mass is 35.5. The van der Waals surface area contributed by atoms with E-state index in [0.29, 0.717) is 16.3 Å². The first-order valence-corrected chi connectivity index (χ1v) is 6.28. The first kappa shape index (κ1) is 14.4. The third kappa shape index (κ3) is 3.31. The molecule has 2 N–H and O–H groups in total. The van der Waals surface area contributed by atoms with Gasteiger partial charge in [-0.2, -0.15) is 0 Å². The molecule has 0 bridgehead atoms. The molecule has 0 aliphatic rings. The molecular formula is C13H9Cl2NO4. The molecule has 0 aliphatic heterocycles. The Hall–Kier alpha value is -1.98. The van der Waals surface area contributed by atoms with Gasteiger partial charge >= 0.3 is 5.97 Å². The van der Waals surface area contributed by atoms with Gasteiger partial charge in [0, 0.05) is 5.56 Å². The lowest BCUT2D eigenvalue weighted by Gasteiger charge is -2.04. The number of hydrogen-bond donors (Lipinski definition) is 2. The quantitative estimate of drug-likeness (QED) is 0.908. The van der Waals surface area contributed by atoms with E-state index in [-0.39, 0.29) is 23.2 Å². The van der Waals surface area contributed by atoms with Crippen molar-refractivity contribution >= 4 is 35.1 Å². The largest absolute Gasteiger partial charge is 0.475 e. The summed E-state index contributed by atoms with van der Waals surface area (Å²) in [5, 5.41) is 11.9. The number of amides is 1. The van der Waals surface area contributed by atoms with Gasteiger partial charge in [0.2, 0.25) is 5.76 Å². The fraction of sp³-hybridized carbons (Fsp3) is 0.0769. The number of halogens is 2. The first-order valence-electron chi connectivity index (χ1n) is 5.52. The van der Waals surface area contributed by atoms with Gasteiger partial charge in [0.25, 0.3) is 5.91 Å². The second-order valence-corrected chi connectivity index (χ2v) is 4.70. The summed E-state index contributed by atoms with van der Waals surface area (Å²) in [5.41, 5.74) is 0.351. The number of carboxylic acid groups (broad SMARTS) is 1. The maximum absolute atomic E-state index is 11.9. The Morgan fingerprint density at radius 2 is 1.90 bits per heavy atom. The maximum atomic E-state index is 11.9. The molecule has 20 heavy (non-hydrogen) atoms. The minimum absolute atomic E-state index is 0.0758. The zero-order valence-electron chi connectivity index (χ0n) is 10.0. The number of carboxylic acids is 1. The molecule has 1 aromatic heterocycles. The van der Waals surface area contributed by atoms with Crippen LogP contribution in [0.15, 0.2) is 34.7 Å². The van der Waals surface area contributed by atoms with Gasteiger partial charge in [-0.3, -0.25) is 4.79 Å². The minimum atomic E-state index is -1.16. The molecule has 0 saturated heterocycles. The van der Waals surface area contributed by atoms with Crippen molar-refractivity contribution in [2.45, 2.75) is 6.54 Å². The van der Waals surface area contributed by atoms with Crippen LogP contribution < -0.4 is 5.32 Å². The number of rotatable bonds is 4. The average Bonchev–Trinajstić information content (AvgIpc) is 2.88. The van der Waals surface area contributed by atoms with Crippen LogP contribution in [-0.4, -0.2) is 17.0 Å². The Morgan fingerprint density at radius 1 is 1.15 bits per heavy atom. The number of hydrogen-bond acceptors (Lipinski definition) is 3. The summed E-state index contributed by atoms with van der Waals surface area (Å²) < 4.78 is 5.01. The van der Waals surface area contributed by atoms with Gasteiger partial charge in [-0.05, 0) is 30.3 Å². The summed E-state index contributed by atoms with van der Waals surface area (Å²) in [7, 11) is 0. The number of carbonyl (C=O) groups is 2. The summed E-state index contributed by atoms with van der Waals surface area (Å²) in [5.74, 6) is -1.36. The van der Waals surface area contributed by atoms with Gasteiger partial charge in [0.1, 0.15) is 5.76 Å². The summed E-state index contributed by atoms with van der Waals surface area (Å²) in [6.45, 7) is 0.0758. The smallest absolute Gasteiger partial charge is 0.371 e. The summed E-state index contributed by atoms with van der Waals surface area (Å²) in [4.78, 5) is 22.5. The predicted molar refractivity (Wildman–Crippen MR) is 73.3 cm³/mol. The number of furan rings is 1. The van der Waals surface area contributed by atoms with Crippen molar-refractivity contribution in [1.82, 2.24) is 5.32 Å². The lowest BCUT2D eigenvalue weighted by atomic mass is 10.2. The van der Waals surface area contributed by atoms with E-state index in [9.17, 15) is 9.59 Å². The molecule has 1 aromatic carbocycles. The highest BCUT2D eigenvalue weighted by Gasteiger charge is 2.11. The SMILES string of the molecule is O=C(NCc1ccc(C(=O)O)o1)c1ccc(Cl)c(Cl)c1. The fourth-order valence-electron chi connectivity index (χ4n) is 1.49. The summed E-state index contributed by atoms with van der Waals surface area (Å²) >= 11 is 11.6. The molecule has 104 valence electrons. The van der Waals surface area contributed by atoms with Crippen LogP contribution in [0.25, 0.3) is 0 Å². The first-order chi connectivity index (χ1) is 9.47. The van der Waals surface area contributed by atoms with Crippen molar-refractivity contribution in [2.24, 2.45) is 0 Å². The Balaban J connectivity index is 2.00. The molecular weight excluding hydrogens is 305 g/mol. The van der Waals surface area contributed by atoms with Crippen molar-refractivity contribution in [3.63, 3.8) is 0 Å².